The molecule has 2 aromatic rings. The van der Waals surface area contributed by atoms with Gasteiger partial charge in [-0.1, -0.05) is 36.4 Å². The van der Waals surface area contributed by atoms with E-state index in [0.717, 1.165) is 18.4 Å². The van der Waals surface area contributed by atoms with E-state index in [2.05, 4.69) is 10.6 Å². The van der Waals surface area contributed by atoms with Gasteiger partial charge in [-0.2, -0.15) is 0 Å². The Bertz CT molecular complexity index is 726. The number of carbonyl (C=O) groups is 2. The van der Waals surface area contributed by atoms with E-state index >= 15 is 0 Å². The monoisotopic (exact) mass is 323 g/mol. The van der Waals surface area contributed by atoms with E-state index < -0.39 is 0 Å². The second kappa shape index (κ2) is 7.17. The number of rotatable bonds is 5. The molecular formula is C19H21N3O2. The van der Waals surface area contributed by atoms with E-state index in [0.29, 0.717) is 23.8 Å². The van der Waals surface area contributed by atoms with Crippen molar-refractivity contribution in [2.24, 2.45) is 0 Å². The van der Waals surface area contributed by atoms with Crippen molar-refractivity contribution in [3.8, 4) is 0 Å². The summed E-state index contributed by atoms with van der Waals surface area (Å²) in [6, 6.07) is 16.9. The van der Waals surface area contributed by atoms with Crippen molar-refractivity contribution in [3.05, 3.63) is 65.7 Å². The summed E-state index contributed by atoms with van der Waals surface area (Å²) in [4.78, 5) is 26.0. The lowest BCUT2D eigenvalue weighted by Crippen LogP contribution is -2.31. The van der Waals surface area contributed by atoms with Gasteiger partial charge in [0, 0.05) is 30.9 Å². The van der Waals surface area contributed by atoms with Crippen LogP contribution in [0.4, 0.5) is 10.5 Å². The van der Waals surface area contributed by atoms with Crippen LogP contribution in [0.5, 0.6) is 0 Å². The van der Waals surface area contributed by atoms with Crippen LogP contribution >= 0.6 is 0 Å². The van der Waals surface area contributed by atoms with Crippen LogP contribution in [0.15, 0.2) is 54.6 Å². The van der Waals surface area contributed by atoms with Gasteiger partial charge in [-0.05, 0) is 36.6 Å². The van der Waals surface area contributed by atoms with Gasteiger partial charge in [0.2, 0.25) is 0 Å². The third-order valence-corrected chi connectivity index (χ3v) is 3.90. The van der Waals surface area contributed by atoms with Crippen molar-refractivity contribution in [2.75, 3.05) is 12.4 Å². The normalized spacial score (nSPS) is 13.2. The molecule has 0 unspecified atom stereocenters. The van der Waals surface area contributed by atoms with Crippen molar-refractivity contribution in [3.63, 3.8) is 0 Å². The van der Waals surface area contributed by atoms with E-state index in [4.69, 9.17) is 0 Å². The second-order valence-corrected chi connectivity index (χ2v) is 6.10. The molecule has 3 amide bonds. The Morgan fingerprint density at radius 3 is 2.54 bits per heavy atom. The maximum absolute atomic E-state index is 12.3. The van der Waals surface area contributed by atoms with Crippen molar-refractivity contribution >= 4 is 17.6 Å². The molecule has 0 radical (unpaired) electrons. The number of amides is 3. The predicted octanol–water partition coefficient (Wildman–Crippen LogP) is 3.24. The highest BCUT2D eigenvalue weighted by Crippen LogP contribution is 2.20. The van der Waals surface area contributed by atoms with Gasteiger partial charge in [0.15, 0.2) is 0 Å². The molecule has 0 atom stereocenters. The molecule has 1 aliphatic rings. The quantitative estimate of drug-likeness (QED) is 0.887. The van der Waals surface area contributed by atoms with Gasteiger partial charge in [-0.25, -0.2) is 4.79 Å². The van der Waals surface area contributed by atoms with Gasteiger partial charge < -0.3 is 15.5 Å². The number of anilines is 1. The Morgan fingerprint density at radius 2 is 1.83 bits per heavy atom. The molecule has 1 fully saturated rings. The Labute approximate surface area is 141 Å². The first-order valence-corrected chi connectivity index (χ1v) is 8.09. The summed E-state index contributed by atoms with van der Waals surface area (Å²) in [5, 5.41) is 5.78. The molecule has 1 saturated carbocycles. The molecular weight excluding hydrogens is 302 g/mol. The average molecular weight is 323 g/mol. The smallest absolute Gasteiger partial charge is 0.321 e. The van der Waals surface area contributed by atoms with Crippen molar-refractivity contribution < 1.29 is 9.59 Å². The van der Waals surface area contributed by atoms with Gasteiger partial charge in [0.1, 0.15) is 0 Å². The Kier molecular flexibility index (Phi) is 4.79. The highest BCUT2D eigenvalue weighted by atomic mass is 16.2. The van der Waals surface area contributed by atoms with Crippen LogP contribution in [0.25, 0.3) is 0 Å². The van der Waals surface area contributed by atoms with E-state index in [1.165, 1.54) is 0 Å². The predicted molar refractivity (Wildman–Crippen MR) is 93.9 cm³/mol. The molecule has 24 heavy (non-hydrogen) atoms. The van der Waals surface area contributed by atoms with Crippen molar-refractivity contribution in [2.45, 2.75) is 25.4 Å². The van der Waals surface area contributed by atoms with Crippen LogP contribution < -0.4 is 10.6 Å². The lowest BCUT2D eigenvalue weighted by Gasteiger charge is -2.18. The highest BCUT2D eigenvalue weighted by molar-refractivity contribution is 5.97. The average Bonchev–Trinajstić information content (AvgIpc) is 3.40. The summed E-state index contributed by atoms with van der Waals surface area (Å²) in [5.74, 6) is -0.0914. The standard InChI is InChI=1S/C19H21N3O2/c1-22(13-14-6-3-2-4-7-14)19(24)21-17-9-5-8-15(12-17)18(23)20-16-10-11-16/h2-9,12,16H,10-11,13H2,1H3,(H,20,23)(H,21,24). The molecule has 0 aliphatic heterocycles. The van der Waals surface area contributed by atoms with Gasteiger partial charge in [0.25, 0.3) is 5.91 Å². The Balaban J connectivity index is 1.60. The fraction of sp³-hybridized carbons (Fsp3) is 0.263. The topological polar surface area (TPSA) is 61.4 Å². The van der Waals surface area contributed by atoms with E-state index in [1.807, 2.05) is 30.3 Å². The highest BCUT2D eigenvalue weighted by Gasteiger charge is 2.23. The molecule has 124 valence electrons. The summed E-state index contributed by atoms with van der Waals surface area (Å²) >= 11 is 0. The lowest BCUT2D eigenvalue weighted by molar-refractivity contribution is 0.0951. The lowest BCUT2D eigenvalue weighted by atomic mass is 10.2. The van der Waals surface area contributed by atoms with E-state index in [9.17, 15) is 9.59 Å². The largest absolute Gasteiger partial charge is 0.349 e. The maximum atomic E-state index is 12.3. The first-order valence-electron chi connectivity index (χ1n) is 8.09. The fourth-order valence-electron chi connectivity index (χ4n) is 2.38. The Morgan fingerprint density at radius 1 is 1.08 bits per heavy atom. The maximum Gasteiger partial charge on any atom is 0.321 e. The Hall–Kier alpha value is -2.82. The summed E-state index contributed by atoms with van der Waals surface area (Å²) in [6.45, 7) is 0.522. The third-order valence-electron chi connectivity index (χ3n) is 3.90. The minimum Gasteiger partial charge on any atom is -0.349 e. The molecule has 2 aromatic carbocycles. The number of hydrogen-bond donors (Lipinski definition) is 2. The molecule has 5 nitrogen and oxygen atoms in total. The molecule has 2 N–H and O–H groups in total. The zero-order chi connectivity index (χ0) is 16.9. The summed E-state index contributed by atoms with van der Waals surface area (Å²) in [5.41, 5.74) is 2.24. The zero-order valence-electron chi connectivity index (χ0n) is 13.7. The van der Waals surface area contributed by atoms with Crippen LogP contribution in [0.2, 0.25) is 0 Å². The summed E-state index contributed by atoms with van der Waals surface area (Å²) < 4.78 is 0. The molecule has 0 spiro atoms. The number of hydrogen-bond acceptors (Lipinski definition) is 2. The number of benzene rings is 2. The van der Waals surface area contributed by atoms with Crippen molar-refractivity contribution in [1.82, 2.24) is 10.2 Å². The first-order chi connectivity index (χ1) is 11.6. The van der Waals surface area contributed by atoms with Gasteiger partial charge in [-0.15, -0.1) is 0 Å². The van der Waals surface area contributed by atoms with Gasteiger partial charge in [0.05, 0.1) is 0 Å². The second-order valence-electron chi connectivity index (χ2n) is 6.10. The third kappa shape index (κ3) is 4.35. The van der Waals surface area contributed by atoms with Crippen LogP contribution in [0.3, 0.4) is 0 Å². The van der Waals surface area contributed by atoms with Crippen LogP contribution in [-0.4, -0.2) is 29.9 Å². The number of urea groups is 1. The van der Waals surface area contributed by atoms with Crippen LogP contribution in [0, 0.1) is 0 Å². The number of carbonyl (C=O) groups excluding carboxylic acids is 2. The van der Waals surface area contributed by atoms with E-state index in [-0.39, 0.29) is 11.9 Å². The van der Waals surface area contributed by atoms with Crippen LogP contribution in [-0.2, 0) is 6.54 Å². The van der Waals surface area contributed by atoms with Crippen molar-refractivity contribution in [1.29, 1.82) is 0 Å². The molecule has 3 rings (SSSR count). The van der Waals surface area contributed by atoms with Crippen LogP contribution in [0.1, 0.15) is 28.8 Å². The molecule has 1 aliphatic carbocycles. The minimum atomic E-state index is -0.210. The van der Waals surface area contributed by atoms with E-state index in [1.54, 1.807) is 36.2 Å². The zero-order valence-corrected chi connectivity index (χ0v) is 13.7. The van der Waals surface area contributed by atoms with Gasteiger partial charge in [-0.3, -0.25) is 4.79 Å². The first kappa shape index (κ1) is 16.1. The summed E-state index contributed by atoms with van der Waals surface area (Å²) in [7, 11) is 1.74. The molecule has 0 bridgehead atoms. The number of nitrogens with zero attached hydrogens (tertiary/aromatic N) is 1. The molecule has 0 saturated heterocycles. The molecule has 5 heteroatoms. The molecule has 0 aromatic heterocycles. The SMILES string of the molecule is CN(Cc1ccccc1)C(=O)Nc1cccc(C(=O)NC2CC2)c1. The molecule has 0 heterocycles. The fourth-order valence-corrected chi connectivity index (χ4v) is 2.38. The summed E-state index contributed by atoms with van der Waals surface area (Å²) in [6.07, 6.45) is 2.10. The van der Waals surface area contributed by atoms with Gasteiger partial charge >= 0.3 is 6.03 Å². The minimum absolute atomic E-state index is 0.0914. The number of nitrogens with one attached hydrogen (secondary N) is 2.